The second-order valence-electron chi connectivity index (χ2n) is 6.50. The molecule has 2 aromatic rings. The van der Waals surface area contributed by atoms with Crippen LogP contribution in [-0.4, -0.2) is 51.9 Å². The lowest BCUT2D eigenvalue weighted by molar-refractivity contribution is 0.0626. The average molecular weight is 450 g/mol. The summed E-state index contributed by atoms with van der Waals surface area (Å²) in [6.45, 7) is 10.0. The predicted octanol–water partition coefficient (Wildman–Crippen LogP) is 2.96. The van der Waals surface area contributed by atoms with Crippen molar-refractivity contribution < 1.29 is 4.79 Å². The van der Waals surface area contributed by atoms with Gasteiger partial charge >= 0.3 is 0 Å². The number of aromatic nitrogens is 2. The van der Waals surface area contributed by atoms with Crippen molar-refractivity contribution in [3.63, 3.8) is 0 Å². The van der Waals surface area contributed by atoms with Gasteiger partial charge in [-0.2, -0.15) is 0 Å². The number of halogens is 1. The van der Waals surface area contributed by atoms with Crippen LogP contribution in [0.5, 0.6) is 0 Å². The Morgan fingerprint density at radius 3 is 2.20 bits per heavy atom. The number of piperazine rings is 1. The van der Waals surface area contributed by atoms with E-state index in [0.29, 0.717) is 0 Å². The number of carbonyl (C=O) groups excluding carboxylic acids is 1. The van der Waals surface area contributed by atoms with Gasteiger partial charge in [0.15, 0.2) is 0 Å². The minimum Gasteiger partial charge on any atom is -0.336 e. The molecule has 0 N–H and O–H groups in total. The first-order valence-electron chi connectivity index (χ1n) is 8.52. The van der Waals surface area contributed by atoms with Crippen LogP contribution in [0, 0.1) is 24.3 Å². The standard InChI is InChI=1S/C19H23IN4O/c1-13-14(2)22-18(15(3)21-13)12-23-8-10-24(11-9-23)19(25)16-4-6-17(20)7-5-16/h4-7H,8-12H2,1-3H3. The lowest BCUT2D eigenvalue weighted by Crippen LogP contribution is -2.48. The van der Waals surface area contributed by atoms with E-state index in [9.17, 15) is 4.79 Å². The SMILES string of the molecule is Cc1nc(C)c(CN2CCN(C(=O)c3ccc(I)cc3)CC2)nc1C. The monoisotopic (exact) mass is 450 g/mol. The molecule has 0 atom stereocenters. The Labute approximate surface area is 162 Å². The smallest absolute Gasteiger partial charge is 0.253 e. The fraction of sp³-hybridized carbons (Fsp3) is 0.421. The van der Waals surface area contributed by atoms with Crippen LogP contribution in [0.2, 0.25) is 0 Å². The van der Waals surface area contributed by atoms with Crippen molar-refractivity contribution in [2.45, 2.75) is 27.3 Å². The third kappa shape index (κ3) is 4.36. The molecule has 1 amide bonds. The Bertz CT molecular complexity index is 768. The van der Waals surface area contributed by atoms with Gasteiger partial charge < -0.3 is 4.90 Å². The van der Waals surface area contributed by atoms with Gasteiger partial charge in [-0.25, -0.2) is 0 Å². The van der Waals surface area contributed by atoms with E-state index in [1.54, 1.807) is 0 Å². The molecule has 1 saturated heterocycles. The third-order valence-corrected chi connectivity index (χ3v) is 5.42. The third-order valence-electron chi connectivity index (χ3n) is 4.70. The van der Waals surface area contributed by atoms with E-state index in [4.69, 9.17) is 4.98 Å². The molecule has 1 aromatic carbocycles. The van der Waals surface area contributed by atoms with Crippen molar-refractivity contribution in [2.75, 3.05) is 26.2 Å². The Balaban J connectivity index is 1.59. The van der Waals surface area contributed by atoms with Crippen molar-refractivity contribution >= 4 is 28.5 Å². The summed E-state index contributed by atoms with van der Waals surface area (Å²) in [5, 5.41) is 0. The van der Waals surface area contributed by atoms with Crippen LogP contribution in [0.15, 0.2) is 24.3 Å². The Morgan fingerprint density at radius 1 is 0.960 bits per heavy atom. The van der Waals surface area contributed by atoms with Crippen molar-refractivity contribution in [1.29, 1.82) is 0 Å². The minimum absolute atomic E-state index is 0.123. The van der Waals surface area contributed by atoms with Gasteiger partial charge in [0, 0.05) is 41.9 Å². The van der Waals surface area contributed by atoms with Crippen molar-refractivity contribution in [2.24, 2.45) is 0 Å². The number of benzene rings is 1. The molecule has 2 heterocycles. The molecule has 25 heavy (non-hydrogen) atoms. The summed E-state index contributed by atoms with van der Waals surface area (Å²) in [6, 6.07) is 7.77. The van der Waals surface area contributed by atoms with Crippen LogP contribution >= 0.6 is 22.6 Å². The highest BCUT2D eigenvalue weighted by atomic mass is 127. The molecule has 132 valence electrons. The summed E-state index contributed by atoms with van der Waals surface area (Å²) in [4.78, 5) is 26.2. The number of nitrogens with zero attached hydrogens (tertiary/aromatic N) is 4. The maximum Gasteiger partial charge on any atom is 0.253 e. The molecule has 5 nitrogen and oxygen atoms in total. The summed E-state index contributed by atoms with van der Waals surface area (Å²) < 4.78 is 1.14. The van der Waals surface area contributed by atoms with Crippen LogP contribution in [-0.2, 0) is 6.54 Å². The largest absolute Gasteiger partial charge is 0.336 e. The van der Waals surface area contributed by atoms with Crippen LogP contribution in [0.25, 0.3) is 0 Å². The maximum atomic E-state index is 12.6. The highest BCUT2D eigenvalue weighted by molar-refractivity contribution is 14.1. The molecule has 0 radical (unpaired) electrons. The zero-order valence-electron chi connectivity index (χ0n) is 14.9. The fourth-order valence-corrected chi connectivity index (χ4v) is 3.37. The molecule has 1 fully saturated rings. The average Bonchev–Trinajstić information content (AvgIpc) is 2.60. The topological polar surface area (TPSA) is 49.3 Å². The number of rotatable bonds is 3. The van der Waals surface area contributed by atoms with Gasteiger partial charge in [-0.1, -0.05) is 0 Å². The van der Waals surface area contributed by atoms with E-state index in [2.05, 4.69) is 32.5 Å². The lowest BCUT2D eigenvalue weighted by Gasteiger charge is -2.34. The number of carbonyl (C=O) groups is 1. The van der Waals surface area contributed by atoms with Gasteiger partial charge in [-0.05, 0) is 67.6 Å². The van der Waals surface area contributed by atoms with E-state index in [0.717, 1.165) is 64.6 Å². The van der Waals surface area contributed by atoms with Crippen LogP contribution < -0.4 is 0 Å². The molecule has 1 aliphatic heterocycles. The van der Waals surface area contributed by atoms with E-state index in [-0.39, 0.29) is 5.91 Å². The Kier molecular flexibility index (Phi) is 5.68. The van der Waals surface area contributed by atoms with Gasteiger partial charge in [0.2, 0.25) is 0 Å². The first-order chi connectivity index (χ1) is 11.9. The summed E-state index contributed by atoms with van der Waals surface area (Å²) in [5.41, 5.74) is 4.80. The van der Waals surface area contributed by atoms with Gasteiger partial charge in [-0.3, -0.25) is 19.7 Å². The molecular weight excluding hydrogens is 427 g/mol. The first kappa shape index (κ1) is 18.3. The van der Waals surface area contributed by atoms with Gasteiger partial charge in [-0.15, -0.1) is 0 Å². The second-order valence-corrected chi connectivity index (χ2v) is 7.75. The molecule has 0 saturated carbocycles. The molecule has 0 unspecified atom stereocenters. The summed E-state index contributed by atoms with van der Waals surface area (Å²) in [6.07, 6.45) is 0. The number of hydrogen-bond acceptors (Lipinski definition) is 4. The molecular formula is C19H23IN4O. The normalized spacial score (nSPS) is 15.4. The van der Waals surface area contributed by atoms with E-state index < -0.39 is 0 Å². The lowest BCUT2D eigenvalue weighted by atomic mass is 10.1. The molecule has 1 aromatic heterocycles. The van der Waals surface area contributed by atoms with E-state index >= 15 is 0 Å². The number of aryl methyl sites for hydroxylation is 3. The van der Waals surface area contributed by atoms with Crippen LogP contribution in [0.1, 0.15) is 33.1 Å². The molecule has 1 aliphatic rings. The van der Waals surface area contributed by atoms with Gasteiger partial charge in [0.05, 0.1) is 22.8 Å². The minimum atomic E-state index is 0.123. The van der Waals surface area contributed by atoms with Crippen molar-refractivity contribution in [3.05, 3.63) is 56.2 Å². The zero-order chi connectivity index (χ0) is 18.0. The van der Waals surface area contributed by atoms with Gasteiger partial charge in [0.25, 0.3) is 5.91 Å². The Hall–Kier alpha value is -1.54. The number of amides is 1. The van der Waals surface area contributed by atoms with Crippen molar-refractivity contribution in [1.82, 2.24) is 19.8 Å². The van der Waals surface area contributed by atoms with Gasteiger partial charge in [0.1, 0.15) is 0 Å². The molecule has 0 aliphatic carbocycles. The summed E-state index contributed by atoms with van der Waals surface area (Å²) in [7, 11) is 0. The van der Waals surface area contributed by atoms with Crippen molar-refractivity contribution in [3.8, 4) is 0 Å². The molecule has 6 heteroatoms. The second kappa shape index (κ2) is 7.78. The molecule has 0 spiro atoms. The van der Waals surface area contributed by atoms with E-state index in [1.807, 2.05) is 49.9 Å². The highest BCUT2D eigenvalue weighted by Gasteiger charge is 2.23. The predicted molar refractivity (Wildman–Crippen MR) is 107 cm³/mol. The summed E-state index contributed by atoms with van der Waals surface area (Å²) in [5.74, 6) is 0.123. The van der Waals surface area contributed by atoms with Crippen LogP contribution in [0.3, 0.4) is 0 Å². The zero-order valence-corrected chi connectivity index (χ0v) is 17.1. The highest BCUT2D eigenvalue weighted by Crippen LogP contribution is 2.14. The first-order valence-corrected chi connectivity index (χ1v) is 9.60. The fourth-order valence-electron chi connectivity index (χ4n) is 3.01. The quantitative estimate of drug-likeness (QED) is 0.675. The summed E-state index contributed by atoms with van der Waals surface area (Å²) >= 11 is 2.25. The number of hydrogen-bond donors (Lipinski definition) is 0. The maximum absolute atomic E-state index is 12.6. The van der Waals surface area contributed by atoms with E-state index in [1.165, 1.54) is 0 Å². The molecule has 0 bridgehead atoms. The Morgan fingerprint density at radius 2 is 1.56 bits per heavy atom. The molecule has 3 rings (SSSR count). The van der Waals surface area contributed by atoms with Crippen LogP contribution in [0.4, 0.5) is 0 Å².